The molecule has 0 fully saturated rings. The first-order chi connectivity index (χ1) is 9.31. The van der Waals surface area contributed by atoms with E-state index >= 15 is 0 Å². The van der Waals surface area contributed by atoms with Gasteiger partial charge in [0.2, 0.25) is 0 Å². The maximum absolute atomic E-state index is 13.3. The molecule has 0 aliphatic rings. The van der Waals surface area contributed by atoms with Crippen LogP contribution in [0.5, 0.6) is 0 Å². The van der Waals surface area contributed by atoms with Crippen LogP contribution in [0, 0.1) is 12.7 Å². The minimum atomic E-state index is -3.74. The molecule has 0 heterocycles. The van der Waals surface area contributed by atoms with Crippen molar-refractivity contribution < 1.29 is 12.8 Å². The second kappa shape index (κ2) is 5.83. The highest BCUT2D eigenvalue weighted by molar-refractivity contribution is 9.10. The van der Waals surface area contributed by atoms with Gasteiger partial charge in [0.1, 0.15) is 10.7 Å². The van der Waals surface area contributed by atoms with Gasteiger partial charge < -0.3 is 0 Å². The number of benzene rings is 2. The number of anilines is 1. The predicted molar refractivity (Wildman–Crippen MR) is 83.8 cm³/mol. The molecule has 0 radical (unpaired) electrons. The number of aryl methyl sites for hydroxylation is 1. The topological polar surface area (TPSA) is 46.2 Å². The molecule has 1 N–H and O–H groups in total. The van der Waals surface area contributed by atoms with Crippen LogP contribution in [0.15, 0.2) is 50.2 Å². The first-order valence-electron chi connectivity index (χ1n) is 5.54. The van der Waals surface area contributed by atoms with E-state index in [1.165, 1.54) is 18.2 Å². The summed E-state index contributed by atoms with van der Waals surface area (Å²) in [4.78, 5) is 0.125. The Morgan fingerprint density at radius 1 is 1.10 bits per heavy atom. The van der Waals surface area contributed by atoms with Gasteiger partial charge in [0.25, 0.3) is 10.0 Å². The summed E-state index contributed by atoms with van der Waals surface area (Å²) in [6.07, 6.45) is 0. The van der Waals surface area contributed by atoms with Gasteiger partial charge in [-0.3, -0.25) is 4.72 Å². The summed E-state index contributed by atoms with van der Waals surface area (Å²) in [5.41, 5.74) is 0.829. The molecule has 0 unspecified atom stereocenters. The highest BCUT2D eigenvalue weighted by Gasteiger charge is 2.18. The lowest BCUT2D eigenvalue weighted by Gasteiger charge is -2.12. The average molecular weight is 423 g/mol. The Morgan fingerprint density at radius 2 is 1.75 bits per heavy atom. The van der Waals surface area contributed by atoms with E-state index in [1.54, 1.807) is 25.1 Å². The van der Waals surface area contributed by atoms with E-state index in [2.05, 4.69) is 36.6 Å². The monoisotopic (exact) mass is 421 g/mol. The van der Waals surface area contributed by atoms with Crippen LogP contribution in [0.2, 0.25) is 0 Å². The molecular weight excluding hydrogens is 413 g/mol. The first kappa shape index (κ1) is 15.5. The zero-order valence-electron chi connectivity index (χ0n) is 10.3. The maximum Gasteiger partial charge on any atom is 0.263 e. The SMILES string of the molecule is Cc1cc(F)c(Br)cc1NS(=O)(=O)c1ccccc1Br. The van der Waals surface area contributed by atoms with Crippen molar-refractivity contribution in [1.82, 2.24) is 0 Å². The lowest BCUT2D eigenvalue weighted by atomic mass is 10.2. The van der Waals surface area contributed by atoms with Gasteiger partial charge in [-0.15, -0.1) is 0 Å². The Bertz CT molecular complexity index is 763. The van der Waals surface area contributed by atoms with E-state index < -0.39 is 15.8 Å². The molecule has 0 spiro atoms. The molecule has 3 nitrogen and oxygen atoms in total. The molecule has 0 amide bonds. The van der Waals surface area contributed by atoms with Crippen LogP contribution < -0.4 is 4.72 Å². The Morgan fingerprint density at radius 3 is 2.40 bits per heavy atom. The molecule has 0 atom stereocenters. The van der Waals surface area contributed by atoms with Gasteiger partial charge in [-0.25, -0.2) is 12.8 Å². The van der Waals surface area contributed by atoms with Crippen LogP contribution in [-0.2, 0) is 10.0 Å². The van der Waals surface area contributed by atoms with Crippen LogP contribution in [-0.4, -0.2) is 8.42 Å². The number of hydrogen-bond acceptors (Lipinski definition) is 2. The molecule has 0 aliphatic heterocycles. The second-order valence-corrected chi connectivity index (χ2v) is 7.48. The summed E-state index contributed by atoms with van der Waals surface area (Å²) >= 11 is 6.24. The average Bonchev–Trinajstić information content (AvgIpc) is 2.36. The predicted octanol–water partition coefficient (Wildman–Crippen LogP) is 4.46. The largest absolute Gasteiger partial charge is 0.279 e. The molecule has 0 saturated heterocycles. The minimum Gasteiger partial charge on any atom is -0.279 e. The molecule has 0 aliphatic carbocycles. The molecule has 0 bridgehead atoms. The Balaban J connectivity index is 2.44. The quantitative estimate of drug-likeness (QED) is 0.793. The summed E-state index contributed by atoms with van der Waals surface area (Å²) in [5.74, 6) is -0.439. The number of halogens is 3. The van der Waals surface area contributed by atoms with Gasteiger partial charge in [-0.2, -0.15) is 0 Å². The molecule has 2 aromatic carbocycles. The molecule has 7 heteroatoms. The van der Waals surface area contributed by atoms with Gasteiger partial charge in [0.05, 0.1) is 10.2 Å². The third kappa shape index (κ3) is 3.21. The van der Waals surface area contributed by atoms with Crippen LogP contribution in [0.25, 0.3) is 0 Å². The normalized spacial score (nSPS) is 11.4. The summed E-state index contributed by atoms with van der Waals surface area (Å²) in [5, 5.41) is 0. The number of hydrogen-bond donors (Lipinski definition) is 1. The fraction of sp³-hybridized carbons (Fsp3) is 0.0769. The third-order valence-electron chi connectivity index (χ3n) is 2.64. The van der Waals surface area contributed by atoms with E-state index in [9.17, 15) is 12.8 Å². The number of rotatable bonds is 3. The molecule has 106 valence electrons. The summed E-state index contributed by atoms with van der Waals surface area (Å²) in [7, 11) is -3.74. The Labute approximate surface area is 133 Å². The molecule has 0 saturated carbocycles. The third-order valence-corrected chi connectivity index (χ3v) is 5.62. The lowest BCUT2D eigenvalue weighted by molar-refractivity contribution is 0.600. The summed E-state index contributed by atoms with van der Waals surface area (Å²) in [6, 6.07) is 9.15. The summed E-state index contributed by atoms with van der Waals surface area (Å²) in [6.45, 7) is 1.63. The molecule has 2 aromatic rings. The van der Waals surface area contributed by atoms with Gasteiger partial charge in [0.15, 0.2) is 0 Å². The van der Waals surface area contributed by atoms with Crippen molar-refractivity contribution in [2.24, 2.45) is 0 Å². The van der Waals surface area contributed by atoms with E-state index in [0.29, 0.717) is 15.7 Å². The summed E-state index contributed by atoms with van der Waals surface area (Å²) < 4.78 is 41.1. The van der Waals surface area contributed by atoms with E-state index in [1.807, 2.05) is 0 Å². The van der Waals surface area contributed by atoms with Crippen molar-refractivity contribution >= 4 is 47.6 Å². The maximum atomic E-state index is 13.3. The minimum absolute atomic E-state index is 0.125. The van der Waals surface area contributed by atoms with Crippen LogP contribution in [0.4, 0.5) is 10.1 Å². The van der Waals surface area contributed by atoms with Crippen LogP contribution in [0.1, 0.15) is 5.56 Å². The zero-order valence-corrected chi connectivity index (χ0v) is 14.3. The molecule has 2 rings (SSSR count). The van der Waals surface area contributed by atoms with Crippen molar-refractivity contribution in [3.63, 3.8) is 0 Å². The highest BCUT2D eigenvalue weighted by Crippen LogP contribution is 2.28. The fourth-order valence-corrected chi connectivity index (χ4v) is 4.09. The van der Waals surface area contributed by atoms with E-state index in [0.717, 1.165) is 0 Å². The van der Waals surface area contributed by atoms with Crippen molar-refractivity contribution in [2.45, 2.75) is 11.8 Å². The van der Waals surface area contributed by atoms with Gasteiger partial charge in [-0.05, 0) is 68.6 Å². The highest BCUT2D eigenvalue weighted by atomic mass is 79.9. The first-order valence-corrected chi connectivity index (χ1v) is 8.61. The number of sulfonamides is 1. The van der Waals surface area contributed by atoms with Crippen LogP contribution in [0.3, 0.4) is 0 Å². The molecule has 20 heavy (non-hydrogen) atoms. The van der Waals surface area contributed by atoms with Crippen molar-refractivity contribution in [1.29, 1.82) is 0 Å². The zero-order chi connectivity index (χ0) is 14.9. The second-order valence-electron chi connectivity index (χ2n) is 4.12. The molecular formula is C13H10Br2FNO2S. The van der Waals surface area contributed by atoms with Crippen LogP contribution >= 0.6 is 31.9 Å². The lowest BCUT2D eigenvalue weighted by Crippen LogP contribution is -2.14. The van der Waals surface area contributed by atoms with E-state index in [4.69, 9.17) is 0 Å². The van der Waals surface area contributed by atoms with Gasteiger partial charge >= 0.3 is 0 Å². The van der Waals surface area contributed by atoms with Gasteiger partial charge in [0, 0.05) is 4.47 Å². The standard InChI is InChI=1S/C13H10Br2FNO2S/c1-8-6-11(16)10(15)7-12(8)17-20(18,19)13-5-3-2-4-9(13)14/h2-7,17H,1H3. The van der Waals surface area contributed by atoms with Crippen molar-refractivity contribution in [3.05, 3.63) is 56.7 Å². The Hall–Kier alpha value is -0.920. The van der Waals surface area contributed by atoms with Crippen molar-refractivity contribution in [2.75, 3.05) is 4.72 Å². The number of nitrogens with one attached hydrogen (secondary N) is 1. The van der Waals surface area contributed by atoms with E-state index in [-0.39, 0.29) is 9.37 Å². The van der Waals surface area contributed by atoms with Crippen molar-refractivity contribution in [3.8, 4) is 0 Å². The van der Waals surface area contributed by atoms with Gasteiger partial charge in [-0.1, -0.05) is 12.1 Å². The smallest absolute Gasteiger partial charge is 0.263 e. The molecule has 0 aromatic heterocycles. The Kier molecular flexibility index (Phi) is 4.51. The fourth-order valence-electron chi connectivity index (χ4n) is 1.62.